The summed E-state index contributed by atoms with van der Waals surface area (Å²) in [6.45, 7) is 8.18. The van der Waals surface area contributed by atoms with Gasteiger partial charge < -0.3 is 24.4 Å². The van der Waals surface area contributed by atoms with Gasteiger partial charge in [0, 0.05) is 58.2 Å². The van der Waals surface area contributed by atoms with E-state index in [0.29, 0.717) is 19.6 Å². The largest absolute Gasteiger partial charge is 0.421 e. The van der Waals surface area contributed by atoms with E-state index in [9.17, 15) is 18.0 Å². The second-order valence-corrected chi connectivity index (χ2v) is 10.3. The first-order chi connectivity index (χ1) is 17.5. The van der Waals surface area contributed by atoms with E-state index in [2.05, 4.69) is 20.3 Å². The molecule has 37 heavy (non-hydrogen) atoms. The molecule has 0 bridgehead atoms. The molecule has 0 aliphatic carbocycles. The van der Waals surface area contributed by atoms with Gasteiger partial charge in [0.15, 0.2) is 0 Å². The Morgan fingerprint density at radius 3 is 2.62 bits per heavy atom. The van der Waals surface area contributed by atoms with Crippen LogP contribution in [0.15, 0.2) is 36.8 Å². The number of nitrogens with zero attached hydrogens (tertiary/aromatic N) is 7. The third kappa shape index (κ3) is 4.47. The van der Waals surface area contributed by atoms with Crippen LogP contribution >= 0.6 is 0 Å². The van der Waals surface area contributed by atoms with Gasteiger partial charge in [0.1, 0.15) is 17.0 Å². The third-order valence-electron chi connectivity index (χ3n) is 7.56. The lowest BCUT2D eigenvalue weighted by Gasteiger charge is -2.45. The van der Waals surface area contributed by atoms with Gasteiger partial charge in [-0.25, -0.2) is 9.97 Å². The summed E-state index contributed by atoms with van der Waals surface area (Å²) in [4.78, 5) is 31.3. The second kappa shape index (κ2) is 9.16. The summed E-state index contributed by atoms with van der Waals surface area (Å²) in [6.07, 6.45) is -0.0871. The highest BCUT2D eigenvalue weighted by Gasteiger charge is 2.44. The van der Waals surface area contributed by atoms with Gasteiger partial charge in [-0.05, 0) is 32.9 Å². The first kappa shape index (κ1) is 25.2. The number of rotatable bonds is 5. The molecule has 2 fully saturated rings. The lowest BCUT2D eigenvalue weighted by Crippen LogP contribution is -2.57. The van der Waals surface area contributed by atoms with Crippen LogP contribution < -0.4 is 15.1 Å². The summed E-state index contributed by atoms with van der Waals surface area (Å²) in [6, 6.07) is 5.74. The molecule has 3 aromatic rings. The number of imidazole rings is 1. The molecule has 2 saturated heterocycles. The normalized spacial score (nSPS) is 19.3. The molecular weight excluding hydrogens is 485 g/mol. The minimum Gasteiger partial charge on any atom is -0.354 e. The Kier molecular flexibility index (Phi) is 6.25. The van der Waals surface area contributed by atoms with E-state index in [1.165, 1.54) is 4.90 Å². The molecule has 1 atom stereocenters. The Morgan fingerprint density at radius 1 is 1.16 bits per heavy atom. The number of piperazine rings is 1. The number of alkyl halides is 3. The molecule has 12 heteroatoms. The SMILES string of the molecule is CC1CNCCN1c1ncc(C(F)(F)F)c(N2CC(C(=O)N(C)C(C)(C)c3cnc4ccccn34)C2)n1. The minimum absolute atomic E-state index is 0.0551. The number of nitrogens with one attached hydrogen (secondary N) is 1. The number of aromatic nitrogens is 4. The maximum atomic E-state index is 13.8. The van der Waals surface area contributed by atoms with Crippen molar-refractivity contribution in [1.29, 1.82) is 0 Å². The summed E-state index contributed by atoms with van der Waals surface area (Å²) >= 11 is 0. The average molecular weight is 517 g/mol. The van der Waals surface area contributed by atoms with Gasteiger partial charge in [-0.2, -0.15) is 18.2 Å². The molecule has 1 N–H and O–H groups in total. The highest BCUT2D eigenvalue weighted by Crippen LogP contribution is 2.39. The van der Waals surface area contributed by atoms with E-state index < -0.39 is 23.2 Å². The van der Waals surface area contributed by atoms with E-state index in [1.54, 1.807) is 18.1 Å². The van der Waals surface area contributed by atoms with Crippen molar-refractivity contribution >= 4 is 23.3 Å². The topological polar surface area (TPSA) is 81.9 Å². The molecular formula is C25H31F3N8O. The minimum atomic E-state index is -4.60. The van der Waals surface area contributed by atoms with Crippen LogP contribution in [0.3, 0.4) is 0 Å². The van der Waals surface area contributed by atoms with Gasteiger partial charge in [0.25, 0.3) is 0 Å². The fraction of sp³-hybridized carbons (Fsp3) is 0.520. The Hall–Kier alpha value is -3.41. The standard InChI is InChI=1S/C25H31F3N8O/c1-16-11-29-8-10-35(16)23-31-12-18(25(26,27)28)21(32-23)34-14-17(15-34)22(37)33(4)24(2,3)19-13-30-20-7-5-6-9-36(19)20/h5-7,9,12-13,16-17,29H,8,10-11,14-15H2,1-4H3. The lowest BCUT2D eigenvalue weighted by atomic mass is 9.93. The summed E-state index contributed by atoms with van der Waals surface area (Å²) in [5, 5.41) is 3.26. The van der Waals surface area contributed by atoms with Crippen LogP contribution in [0.4, 0.5) is 24.9 Å². The molecule has 0 radical (unpaired) electrons. The predicted octanol–water partition coefficient (Wildman–Crippen LogP) is 2.77. The van der Waals surface area contributed by atoms with Crippen molar-refractivity contribution in [2.45, 2.75) is 38.5 Å². The molecule has 9 nitrogen and oxygen atoms in total. The monoisotopic (exact) mass is 516 g/mol. The van der Waals surface area contributed by atoms with Crippen molar-refractivity contribution in [3.8, 4) is 0 Å². The van der Waals surface area contributed by atoms with Crippen LogP contribution in [0, 0.1) is 5.92 Å². The van der Waals surface area contributed by atoms with Crippen molar-refractivity contribution < 1.29 is 18.0 Å². The fourth-order valence-electron chi connectivity index (χ4n) is 5.00. The third-order valence-corrected chi connectivity index (χ3v) is 7.56. The van der Waals surface area contributed by atoms with Crippen LogP contribution in [0.5, 0.6) is 0 Å². The van der Waals surface area contributed by atoms with Crippen molar-refractivity contribution in [3.05, 3.63) is 48.0 Å². The molecule has 198 valence electrons. The molecule has 5 rings (SSSR count). The van der Waals surface area contributed by atoms with Gasteiger partial charge in [-0.1, -0.05) is 6.07 Å². The van der Waals surface area contributed by atoms with Gasteiger partial charge in [0.05, 0.1) is 23.3 Å². The fourth-order valence-corrected chi connectivity index (χ4v) is 5.00. The Labute approximate surface area is 213 Å². The van der Waals surface area contributed by atoms with Gasteiger partial charge in [0.2, 0.25) is 11.9 Å². The smallest absolute Gasteiger partial charge is 0.354 e. The predicted molar refractivity (Wildman–Crippen MR) is 133 cm³/mol. The van der Waals surface area contributed by atoms with Gasteiger partial charge in [-0.15, -0.1) is 0 Å². The van der Waals surface area contributed by atoms with E-state index in [1.807, 2.05) is 54.5 Å². The van der Waals surface area contributed by atoms with Crippen LogP contribution in [0.1, 0.15) is 32.0 Å². The zero-order valence-electron chi connectivity index (χ0n) is 21.3. The quantitative estimate of drug-likeness (QED) is 0.559. The number of hydrogen-bond acceptors (Lipinski definition) is 7. The Bertz CT molecular complexity index is 1300. The summed E-state index contributed by atoms with van der Waals surface area (Å²) in [5.41, 5.74) is 0.0550. The Morgan fingerprint density at radius 2 is 1.92 bits per heavy atom. The van der Waals surface area contributed by atoms with Crippen molar-refractivity contribution in [1.82, 2.24) is 29.6 Å². The van der Waals surface area contributed by atoms with Crippen LogP contribution in [0.2, 0.25) is 0 Å². The van der Waals surface area contributed by atoms with Crippen LogP contribution in [-0.2, 0) is 16.5 Å². The molecule has 5 heterocycles. The maximum absolute atomic E-state index is 13.8. The van der Waals surface area contributed by atoms with Crippen molar-refractivity contribution in [2.75, 3.05) is 49.6 Å². The lowest BCUT2D eigenvalue weighted by molar-refractivity contribution is -0.140. The highest BCUT2D eigenvalue weighted by molar-refractivity contribution is 5.82. The van der Waals surface area contributed by atoms with E-state index in [-0.39, 0.29) is 36.8 Å². The van der Waals surface area contributed by atoms with E-state index >= 15 is 0 Å². The molecule has 0 spiro atoms. The molecule has 0 saturated carbocycles. The van der Waals surface area contributed by atoms with E-state index in [4.69, 9.17) is 0 Å². The summed E-state index contributed by atoms with van der Waals surface area (Å²) in [5.74, 6) is -0.472. The van der Waals surface area contributed by atoms with Gasteiger partial charge >= 0.3 is 6.18 Å². The van der Waals surface area contributed by atoms with Crippen molar-refractivity contribution in [2.24, 2.45) is 5.92 Å². The average Bonchev–Trinajstić information content (AvgIpc) is 3.27. The number of anilines is 2. The van der Waals surface area contributed by atoms with Gasteiger partial charge in [-0.3, -0.25) is 4.79 Å². The molecule has 1 unspecified atom stereocenters. The summed E-state index contributed by atoms with van der Waals surface area (Å²) in [7, 11) is 1.73. The number of hydrogen-bond donors (Lipinski definition) is 1. The number of carbonyl (C=O) groups is 1. The maximum Gasteiger partial charge on any atom is 0.421 e. The number of pyridine rings is 1. The van der Waals surface area contributed by atoms with Crippen LogP contribution in [0.25, 0.3) is 5.65 Å². The first-order valence-corrected chi connectivity index (χ1v) is 12.3. The number of carbonyl (C=O) groups excluding carboxylic acids is 1. The zero-order valence-corrected chi connectivity index (χ0v) is 21.3. The van der Waals surface area contributed by atoms with Crippen LogP contribution in [-0.4, -0.2) is 76.0 Å². The molecule has 0 aromatic carbocycles. The molecule has 3 aromatic heterocycles. The number of amides is 1. The zero-order chi connectivity index (χ0) is 26.5. The Balaban J connectivity index is 1.35. The molecule has 1 amide bonds. The molecule has 2 aliphatic heterocycles. The molecule has 2 aliphatic rings. The second-order valence-electron chi connectivity index (χ2n) is 10.3. The summed E-state index contributed by atoms with van der Waals surface area (Å²) < 4.78 is 43.4. The van der Waals surface area contributed by atoms with Crippen molar-refractivity contribution in [3.63, 3.8) is 0 Å². The highest BCUT2D eigenvalue weighted by atomic mass is 19.4. The number of fused-ring (bicyclic) bond motifs is 1. The first-order valence-electron chi connectivity index (χ1n) is 12.3. The van der Waals surface area contributed by atoms with E-state index in [0.717, 1.165) is 17.5 Å². The number of halogens is 3.